The molecular formula is C29H24O4. The fourth-order valence-electron chi connectivity index (χ4n) is 3.88. The molecule has 0 N–H and O–H groups in total. The van der Waals surface area contributed by atoms with Crippen molar-refractivity contribution in [1.82, 2.24) is 0 Å². The fraction of sp³-hybridized carbons (Fsp3) is 0.138. The summed E-state index contributed by atoms with van der Waals surface area (Å²) in [5.41, 5.74) is 3.70. The first-order valence-electron chi connectivity index (χ1n) is 11.0. The lowest BCUT2D eigenvalue weighted by Gasteiger charge is -2.25. The Morgan fingerprint density at radius 2 is 1.27 bits per heavy atom. The van der Waals surface area contributed by atoms with Gasteiger partial charge in [0.1, 0.15) is 37.1 Å². The Bertz CT molecular complexity index is 1220. The second kappa shape index (κ2) is 9.61. The van der Waals surface area contributed by atoms with Crippen LogP contribution in [0.2, 0.25) is 0 Å². The summed E-state index contributed by atoms with van der Waals surface area (Å²) < 4.78 is 17.7. The van der Waals surface area contributed by atoms with E-state index in [4.69, 9.17) is 14.2 Å². The molecule has 33 heavy (non-hydrogen) atoms. The largest absolute Gasteiger partial charge is 0.492 e. The van der Waals surface area contributed by atoms with Crippen LogP contribution < -0.4 is 14.2 Å². The quantitative estimate of drug-likeness (QED) is 0.346. The Hall–Kier alpha value is -4.05. The molecule has 0 aromatic heterocycles. The third-order valence-corrected chi connectivity index (χ3v) is 5.72. The highest BCUT2D eigenvalue weighted by Gasteiger charge is 2.30. The van der Waals surface area contributed by atoms with E-state index in [9.17, 15) is 4.79 Å². The van der Waals surface area contributed by atoms with E-state index in [1.807, 2.05) is 91.0 Å². The van der Waals surface area contributed by atoms with E-state index in [0.29, 0.717) is 36.9 Å². The maximum absolute atomic E-state index is 13.2. The van der Waals surface area contributed by atoms with Gasteiger partial charge in [-0.3, -0.25) is 4.79 Å². The van der Waals surface area contributed by atoms with Crippen molar-refractivity contribution in [2.45, 2.75) is 19.1 Å². The number of benzene rings is 4. The van der Waals surface area contributed by atoms with Crippen LogP contribution in [0.1, 0.15) is 33.0 Å². The molecular weight excluding hydrogens is 412 g/mol. The normalized spacial score (nSPS) is 14.8. The molecule has 5 rings (SSSR count). The monoisotopic (exact) mass is 436 g/mol. The van der Waals surface area contributed by atoms with E-state index in [1.165, 1.54) is 0 Å². The van der Waals surface area contributed by atoms with E-state index < -0.39 is 0 Å². The molecule has 4 nitrogen and oxygen atoms in total. The van der Waals surface area contributed by atoms with Crippen molar-refractivity contribution in [3.63, 3.8) is 0 Å². The molecule has 4 heteroatoms. The van der Waals surface area contributed by atoms with Crippen molar-refractivity contribution in [2.75, 3.05) is 6.61 Å². The summed E-state index contributed by atoms with van der Waals surface area (Å²) in [6.45, 7) is 1.28. The first-order valence-corrected chi connectivity index (χ1v) is 11.0. The smallest absolute Gasteiger partial charge is 0.177 e. The zero-order chi connectivity index (χ0) is 22.5. The van der Waals surface area contributed by atoms with Crippen molar-refractivity contribution >= 4 is 5.78 Å². The van der Waals surface area contributed by atoms with Crippen LogP contribution in [-0.2, 0) is 13.2 Å². The molecule has 1 atom stereocenters. The second-order valence-corrected chi connectivity index (χ2v) is 8.00. The summed E-state index contributed by atoms with van der Waals surface area (Å²) in [5.74, 6) is 1.75. The Balaban J connectivity index is 1.23. The number of Topliss-reactive ketones (excluding diaryl/α,β-unsaturated/α-hetero) is 1. The third-order valence-electron chi connectivity index (χ3n) is 5.72. The van der Waals surface area contributed by atoms with Crippen LogP contribution in [0, 0.1) is 0 Å². The number of carbonyl (C=O) groups is 1. The molecule has 1 heterocycles. The van der Waals surface area contributed by atoms with Crippen molar-refractivity contribution < 1.29 is 19.0 Å². The van der Waals surface area contributed by atoms with Gasteiger partial charge in [0.05, 0.1) is 11.5 Å². The van der Waals surface area contributed by atoms with Gasteiger partial charge in [-0.1, -0.05) is 72.8 Å². The SMILES string of the molecule is O=C1c2ccc(OCc3ccccc3)cc2OCC1c1ccc(OCc2ccccc2)cc1. The number of ether oxygens (including phenoxy) is 3. The van der Waals surface area contributed by atoms with Gasteiger partial charge in [-0.25, -0.2) is 0 Å². The van der Waals surface area contributed by atoms with Crippen LogP contribution in [0.25, 0.3) is 0 Å². The minimum atomic E-state index is -0.336. The van der Waals surface area contributed by atoms with Crippen molar-refractivity contribution in [1.29, 1.82) is 0 Å². The second-order valence-electron chi connectivity index (χ2n) is 8.00. The molecule has 0 amide bonds. The van der Waals surface area contributed by atoms with Crippen LogP contribution in [0.5, 0.6) is 17.2 Å². The van der Waals surface area contributed by atoms with E-state index in [-0.39, 0.29) is 11.7 Å². The first kappa shape index (κ1) is 20.8. The average Bonchev–Trinajstić information content (AvgIpc) is 2.88. The molecule has 4 aromatic rings. The van der Waals surface area contributed by atoms with Crippen LogP contribution >= 0.6 is 0 Å². The molecule has 0 aliphatic carbocycles. The average molecular weight is 437 g/mol. The first-order chi connectivity index (χ1) is 16.3. The summed E-state index contributed by atoms with van der Waals surface area (Å²) >= 11 is 0. The molecule has 0 saturated heterocycles. The summed E-state index contributed by atoms with van der Waals surface area (Å²) in [4.78, 5) is 13.2. The molecule has 0 bridgehead atoms. The van der Waals surface area contributed by atoms with Crippen LogP contribution in [0.3, 0.4) is 0 Å². The van der Waals surface area contributed by atoms with Gasteiger partial charge < -0.3 is 14.2 Å². The molecule has 0 spiro atoms. The van der Waals surface area contributed by atoms with Crippen molar-refractivity contribution in [3.05, 3.63) is 125 Å². The number of ketones is 1. The highest BCUT2D eigenvalue weighted by molar-refractivity contribution is 6.04. The lowest BCUT2D eigenvalue weighted by atomic mass is 9.89. The number of hydrogen-bond donors (Lipinski definition) is 0. The molecule has 1 aliphatic heterocycles. The Kier molecular flexibility index (Phi) is 6.07. The third kappa shape index (κ3) is 4.90. The van der Waals surface area contributed by atoms with Crippen LogP contribution in [0.15, 0.2) is 103 Å². The number of fused-ring (bicyclic) bond motifs is 1. The Morgan fingerprint density at radius 1 is 0.697 bits per heavy atom. The van der Waals surface area contributed by atoms with Gasteiger partial charge in [-0.15, -0.1) is 0 Å². The molecule has 4 aromatic carbocycles. The fourth-order valence-corrected chi connectivity index (χ4v) is 3.88. The molecule has 0 saturated carbocycles. The number of hydrogen-bond acceptors (Lipinski definition) is 4. The molecule has 1 unspecified atom stereocenters. The highest BCUT2D eigenvalue weighted by Crippen LogP contribution is 2.35. The summed E-state index contributed by atoms with van der Waals surface area (Å²) in [5, 5.41) is 0. The molecule has 0 radical (unpaired) electrons. The summed E-state index contributed by atoms with van der Waals surface area (Å²) in [7, 11) is 0. The maximum Gasteiger partial charge on any atom is 0.177 e. The van der Waals surface area contributed by atoms with Gasteiger partial charge in [0.25, 0.3) is 0 Å². The summed E-state index contributed by atoms with van der Waals surface area (Å²) in [6.07, 6.45) is 0. The molecule has 1 aliphatic rings. The van der Waals surface area contributed by atoms with Crippen molar-refractivity contribution in [3.8, 4) is 17.2 Å². The van der Waals surface area contributed by atoms with E-state index in [2.05, 4.69) is 0 Å². The van der Waals surface area contributed by atoms with Crippen molar-refractivity contribution in [2.24, 2.45) is 0 Å². The zero-order valence-corrected chi connectivity index (χ0v) is 18.1. The standard InChI is InChI=1S/C29H24O4/c30-29-26-16-15-25(32-19-22-9-5-2-6-10-22)17-28(26)33-20-27(29)23-11-13-24(14-12-23)31-18-21-7-3-1-4-8-21/h1-17,27H,18-20H2. The highest BCUT2D eigenvalue weighted by atomic mass is 16.5. The van der Waals surface area contributed by atoms with Crippen LogP contribution in [-0.4, -0.2) is 12.4 Å². The lowest BCUT2D eigenvalue weighted by molar-refractivity contribution is 0.0895. The Labute approximate surface area is 193 Å². The van der Waals surface area contributed by atoms with E-state index in [1.54, 1.807) is 12.1 Å². The topological polar surface area (TPSA) is 44.8 Å². The minimum absolute atomic E-state index is 0.0591. The number of carbonyl (C=O) groups excluding carboxylic acids is 1. The van der Waals surface area contributed by atoms with Gasteiger partial charge in [-0.2, -0.15) is 0 Å². The minimum Gasteiger partial charge on any atom is -0.492 e. The van der Waals surface area contributed by atoms with Crippen LogP contribution in [0.4, 0.5) is 0 Å². The van der Waals surface area contributed by atoms with Gasteiger partial charge in [0, 0.05) is 6.07 Å². The summed E-state index contributed by atoms with van der Waals surface area (Å²) in [6, 6.07) is 33.1. The van der Waals surface area contributed by atoms with Gasteiger partial charge in [-0.05, 0) is 41.0 Å². The Morgan fingerprint density at radius 3 is 1.91 bits per heavy atom. The lowest BCUT2D eigenvalue weighted by Crippen LogP contribution is -2.26. The predicted molar refractivity (Wildman–Crippen MR) is 127 cm³/mol. The van der Waals surface area contributed by atoms with Gasteiger partial charge in [0.15, 0.2) is 5.78 Å². The number of rotatable bonds is 7. The predicted octanol–water partition coefficient (Wildman–Crippen LogP) is 6.20. The van der Waals surface area contributed by atoms with E-state index in [0.717, 1.165) is 22.4 Å². The maximum atomic E-state index is 13.2. The zero-order valence-electron chi connectivity index (χ0n) is 18.1. The van der Waals surface area contributed by atoms with E-state index >= 15 is 0 Å². The molecule has 164 valence electrons. The van der Waals surface area contributed by atoms with Gasteiger partial charge in [0.2, 0.25) is 0 Å². The van der Waals surface area contributed by atoms with Gasteiger partial charge >= 0.3 is 0 Å². The molecule has 0 fully saturated rings.